The van der Waals surface area contributed by atoms with Crippen molar-refractivity contribution in [1.29, 1.82) is 0 Å². The quantitative estimate of drug-likeness (QED) is 0.318. The molecule has 0 aliphatic carbocycles. The van der Waals surface area contributed by atoms with Gasteiger partial charge in [0.15, 0.2) is 0 Å². The van der Waals surface area contributed by atoms with E-state index < -0.39 is 0 Å². The summed E-state index contributed by atoms with van der Waals surface area (Å²) in [5.41, 5.74) is 0. The molecule has 0 heterocycles. The van der Waals surface area contributed by atoms with Crippen molar-refractivity contribution >= 4 is 10.1 Å². The zero-order valence-corrected chi connectivity index (χ0v) is 7.44. The number of hydrogen-bond acceptors (Lipinski definition) is 1. The van der Waals surface area contributed by atoms with Crippen LogP contribution in [0.5, 0.6) is 0 Å². The maximum atomic E-state index is 8.06. The first-order valence-corrected chi connectivity index (χ1v) is 0.612. The molecule has 0 aromatic heterocycles. The molecule has 0 aliphatic rings. The molecule has 0 spiro atoms. The fourth-order valence-corrected chi connectivity index (χ4v) is 0. The van der Waals surface area contributed by atoms with E-state index in [1.165, 1.54) is 0 Å². The van der Waals surface area contributed by atoms with E-state index in [9.17, 15) is 0 Å². The van der Waals surface area contributed by atoms with E-state index in [0.717, 1.165) is 0 Å². The van der Waals surface area contributed by atoms with Crippen LogP contribution in [0.1, 0.15) is 0 Å². The molecule has 0 rings (SSSR count). The molecule has 1 nitrogen and oxygen atoms in total. The topological polar surface area (TPSA) is 17.1 Å². The molecule has 0 aliphatic heterocycles. The standard InChI is InChI=1S/Ce.5FH.OSi/c;;;;;;1-2/h;5*1H;/q+3;;;;;;+2/p-5. The van der Waals surface area contributed by atoms with Crippen molar-refractivity contribution in [3.63, 3.8) is 0 Å². The molecule has 0 saturated heterocycles. The van der Waals surface area contributed by atoms with Crippen molar-refractivity contribution in [2.24, 2.45) is 0 Å². The SMILES string of the molecule is O=[Si+2].[Ce+3].[F-].[F-].[F-].[F-].[F-]. The molecule has 0 fully saturated rings. The predicted molar refractivity (Wildman–Crippen MR) is 6.44 cm³/mol. The Morgan fingerprint density at radius 2 is 0.625 bits per heavy atom. The third kappa shape index (κ3) is 236. The summed E-state index contributed by atoms with van der Waals surface area (Å²) in [4.78, 5) is 0. The molecule has 0 aromatic rings. The van der Waals surface area contributed by atoms with Gasteiger partial charge in [-0.2, -0.15) is 0 Å². The van der Waals surface area contributed by atoms with Crippen molar-refractivity contribution < 1.29 is 69.7 Å². The fourth-order valence-electron chi connectivity index (χ4n) is 0. The van der Waals surface area contributed by atoms with Gasteiger partial charge in [-0.1, -0.05) is 0 Å². The van der Waals surface area contributed by atoms with Gasteiger partial charge < -0.3 is 23.5 Å². The van der Waals surface area contributed by atoms with Gasteiger partial charge in [0.2, 0.25) is 0 Å². The Kier molecular flexibility index (Phi) is 6420. The van der Waals surface area contributed by atoms with Gasteiger partial charge in [-0.05, 0) is 0 Å². The van der Waals surface area contributed by atoms with Gasteiger partial charge in [0.25, 0.3) is 0 Å². The van der Waals surface area contributed by atoms with E-state index >= 15 is 0 Å². The van der Waals surface area contributed by atoms with Crippen LogP contribution < -0.4 is 23.5 Å². The second-order valence-electron chi connectivity index (χ2n) is 0. The van der Waals surface area contributed by atoms with E-state index in [1.807, 2.05) is 0 Å². The average molecular weight is 279 g/mol. The van der Waals surface area contributed by atoms with Crippen molar-refractivity contribution in [1.82, 2.24) is 0 Å². The number of halogens is 5. The smallest absolute Gasteiger partial charge is 1.00 e. The second-order valence-corrected chi connectivity index (χ2v) is 0. The molecular formula is CeF5OSi. The third-order valence-electron chi connectivity index (χ3n) is 0. The van der Waals surface area contributed by atoms with Gasteiger partial charge in [-0.3, -0.25) is 0 Å². The Balaban J connectivity index is -0.000000000333. The summed E-state index contributed by atoms with van der Waals surface area (Å²) < 4.78 is 8.06. The molecule has 8 heteroatoms. The molecule has 1 radical (unpaired) electrons. The average Bonchev–Trinajstić information content (AvgIpc) is 1.00. The number of rotatable bonds is 0. The predicted octanol–water partition coefficient (Wildman–Crippen LogP) is -15.5. The van der Waals surface area contributed by atoms with Crippen LogP contribution >= 0.6 is 0 Å². The molecule has 0 N–H and O–H groups in total. The summed E-state index contributed by atoms with van der Waals surface area (Å²) in [6.45, 7) is 0. The molecule has 0 atom stereocenters. The summed E-state index contributed by atoms with van der Waals surface area (Å²) in [5, 5.41) is 0. The van der Waals surface area contributed by atoms with Gasteiger partial charge in [0, 0.05) is 0 Å². The van der Waals surface area contributed by atoms with Crippen molar-refractivity contribution in [3.05, 3.63) is 0 Å². The van der Waals surface area contributed by atoms with Gasteiger partial charge in [0.05, 0.1) is 0 Å². The van der Waals surface area contributed by atoms with E-state index in [-0.39, 0.29) is 65.3 Å². The van der Waals surface area contributed by atoms with E-state index in [4.69, 9.17) is 4.46 Å². The minimum atomic E-state index is 0. The minimum Gasteiger partial charge on any atom is -1.00 e. The summed E-state index contributed by atoms with van der Waals surface area (Å²) in [7, 11) is 1.72. The van der Waals surface area contributed by atoms with Crippen LogP contribution in [0.4, 0.5) is 0 Å². The second kappa shape index (κ2) is 366. The van der Waals surface area contributed by atoms with E-state index in [0.29, 0.717) is 0 Å². The van der Waals surface area contributed by atoms with Gasteiger partial charge >= 0.3 is 56.3 Å². The molecule has 0 aromatic carbocycles. The molecule has 0 unspecified atom stereocenters. The van der Waals surface area contributed by atoms with Crippen LogP contribution in [0.25, 0.3) is 0 Å². The summed E-state index contributed by atoms with van der Waals surface area (Å²) in [6, 6.07) is 0. The van der Waals surface area contributed by atoms with Crippen molar-refractivity contribution in [2.75, 3.05) is 0 Å². The largest absolute Gasteiger partial charge is 3.00 e. The maximum absolute atomic E-state index is 8.06. The molecule has 49 valence electrons. The Morgan fingerprint density at radius 3 is 0.625 bits per heavy atom. The van der Waals surface area contributed by atoms with Gasteiger partial charge in [-0.25, -0.2) is 0 Å². The Morgan fingerprint density at radius 1 is 0.625 bits per heavy atom. The molecule has 0 amide bonds. The van der Waals surface area contributed by atoms with Crippen LogP contribution in [0.15, 0.2) is 0 Å². The summed E-state index contributed by atoms with van der Waals surface area (Å²) in [6.07, 6.45) is 0. The molecular weight excluding hydrogens is 279 g/mol. The minimum absolute atomic E-state index is 0. The monoisotopic (exact) mass is 279 g/mol. The Bertz CT molecular complexity index is 12.4. The van der Waals surface area contributed by atoms with Crippen LogP contribution in [-0.4, -0.2) is 10.1 Å². The van der Waals surface area contributed by atoms with E-state index in [2.05, 4.69) is 0 Å². The van der Waals surface area contributed by atoms with Crippen LogP contribution in [0.3, 0.4) is 0 Å². The molecule has 0 bridgehead atoms. The third-order valence-corrected chi connectivity index (χ3v) is 0. The van der Waals surface area contributed by atoms with Crippen LogP contribution in [0, 0.1) is 41.7 Å². The molecule has 8 heavy (non-hydrogen) atoms. The maximum Gasteiger partial charge on any atom is 3.00 e. The van der Waals surface area contributed by atoms with Crippen molar-refractivity contribution in [2.45, 2.75) is 0 Å². The zero-order chi connectivity index (χ0) is 2.00. The van der Waals surface area contributed by atoms with Crippen LogP contribution in [0.2, 0.25) is 0 Å². The Hall–Kier alpha value is 1.04. The molecule has 0 saturated carbocycles. The van der Waals surface area contributed by atoms with Crippen molar-refractivity contribution in [3.8, 4) is 0 Å². The first kappa shape index (κ1) is 140. The van der Waals surface area contributed by atoms with Gasteiger partial charge in [-0.15, -0.1) is 0 Å². The first-order valence-electron chi connectivity index (χ1n) is 0.204. The van der Waals surface area contributed by atoms with Crippen LogP contribution in [-0.2, 0) is 4.46 Å². The zero-order valence-electron chi connectivity index (χ0n) is 3.30. The number of hydrogen-bond donors (Lipinski definition) is 0. The van der Waals surface area contributed by atoms with E-state index in [1.54, 1.807) is 10.1 Å². The summed E-state index contributed by atoms with van der Waals surface area (Å²) >= 11 is 0. The first-order chi connectivity index (χ1) is 1.00. The normalized spacial score (nSPS) is 0.750. The summed E-state index contributed by atoms with van der Waals surface area (Å²) in [5.74, 6) is 0. The van der Waals surface area contributed by atoms with Gasteiger partial charge in [0.1, 0.15) is 0 Å². The fraction of sp³-hybridized carbons (Fsp3) is 0. The Labute approximate surface area is 79.3 Å².